The van der Waals surface area contributed by atoms with Crippen molar-refractivity contribution in [3.63, 3.8) is 0 Å². The fourth-order valence-electron chi connectivity index (χ4n) is 3.19. The molecule has 0 unspecified atom stereocenters. The van der Waals surface area contributed by atoms with Gasteiger partial charge in [-0.3, -0.25) is 14.5 Å². The van der Waals surface area contributed by atoms with Gasteiger partial charge in [-0.25, -0.2) is 0 Å². The number of amides is 2. The minimum Gasteiger partial charge on any atom is -0.497 e. The van der Waals surface area contributed by atoms with E-state index in [1.54, 1.807) is 19.2 Å². The van der Waals surface area contributed by atoms with Crippen molar-refractivity contribution in [2.75, 3.05) is 25.6 Å². The van der Waals surface area contributed by atoms with Crippen LogP contribution in [0.25, 0.3) is 5.57 Å². The van der Waals surface area contributed by atoms with Gasteiger partial charge in [0.05, 0.1) is 19.3 Å². The van der Waals surface area contributed by atoms with Gasteiger partial charge in [0.2, 0.25) is 0 Å². The highest BCUT2D eigenvalue weighted by atomic mass is 16.5. The van der Waals surface area contributed by atoms with Gasteiger partial charge in [0.1, 0.15) is 17.2 Å². The van der Waals surface area contributed by atoms with E-state index in [-0.39, 0.29) is 17.5 Å². The third-order valence-corrected chi connectivity index (χ3v) is 4.70. The molecule has 158 valence electrons. The van der Waals surface area contributed by atoms with Gasteiger partial charge in [-0.15, -0.1) is 0 Å². The molecule has 0 spiro atoms. The number of carbonyl (C=O) groups excluding carboxylic acids is 2. The quantitative estimate of drug-likeness (QED) is 0.626. The largest absolute Gasteiger partial charge is 0.497 e. The zero-order valence-electron chi connectivity index (χ0n) is 17.9. The Kier molecular flexibility index (Phi) is 6.77. The average molecular weight is 408 g/mol. The lowest BCUT2D eigenvalue weighted by atomic mass is 10.0. The second kappa shape index (κ2) is 9.48. The Morgan fingerprint density at radius 3 is 2.13 bits per heavy atom. The van der Waals surface area contributed by atoms with E-state index in [9.17, 15) is 9.59 Å². The van der Waals surface area contributed by atoms with Crippen LogP contribution >= 0.6 is 0 Å². The van der Waals surface area contributed by atoms with Gasteiger partial charge >= 0.3 is 0 Å². The maximum absolute atomic E-state index is 13.1. The Labute approximate surface area is 177 Å². The molecule has 0 fully saturated rings. The van der Waals surface area contributed by atoms with Crippen molar-refractivity contribution < 1.29 is 19.1 Å². The van der Waals surface area contributed by atoms with E-state index in [1.165, 1.54) is 4.90 Å². The molecule has 0 aliphatic carbocycles. The van der Waals surface area contributed by atoms with Gasteiger partial charge in [-0.2, -0.15) is 0 Å². The van der Waals surface area contributed by atoms with Gasteiger partial charge in [0, 0.05) is 12.2 Å². The number of methoxy groups -OCH3 is 1. The van der Waals surface area contributed by atoms with E-state index in [0.29, 0.717) is 48.1 Å². The Bertz CT molecular complexity index is 931. The van der Waals surface area contributed by atoms with Gasteiger partial charge in [0.25, 0.3) is 11.8 Å². The van der Waals surface area contributed by atoms with Crippen LogP contribution in [0, 0.1) is 5.92 Å². The van der Waals surface area contributed by atoms with Crippen molar-refractivity contribution in [1.29, 1.82) is 0 Å². The first-order valence-corrected chi connectivity index (χ1v) is 10.2. The number of nitrogens with one attached hydrogen (secondary N) is 1. The molecular formula is C24H28N2O4. The van der Waals surface area contributed by atoms with Crippen molar-refractivity contribution in [2.24, 2.45) is 5.92 Å². The van der Waals surface area contributed by atoms with Crippen LogP contribution in [-0.4, -0.2) is 37.0 Å². The maximum atomic E-state index is 13.1. The number of ether oxygens (including phenoxy) is 2. The number of anilines is 1. The molecule has 0 saturated carbocycles. The van der Waals surface area contributed by atoms with Crippen LogP contribution in [0.3, 0.4) is 0 Å². The molecule has 0 aromatic heterocycles. The molecule has 0 saturated heterocycles. The van der Waals surface area contributed by atoms with E-state index < -0.39 is 0 Å². The molecule has 1 heterocycles. The number of carbonyl (C=O) groups is 2. The number of nitrogens with zero attached hydrogens (tertiary/aromatic N) is 1. The van der Waals surface area contributed by atoms with Gasteiger partial charge < -0.3 is 14.8 Å². The average Bonchev–Trinajstić information content (AvgIpc) is 2.98. The Morgan fingerprint density at radius 2 is 1.57 bits per heavy atom. The van der Waals surface area contributed by atoms with Crippen LogP contribution in [0.2, 0.25) is 0 Å². The van der Waals surface area contributed by atoms with Gasteiger partial charge in [-0.05, 0) is 54.3 Å². The molecule has 0 bridgehead atoms. The summed E-state index contributed by atoms with van der Waals surface area (Å²) < 4.78 is 10.9. The summed E-state index contributed by atoms with van der Waals surface area (Å²) in [4.78, 5) is 27.4. The van der Waals surface area contributed by atoms with Crippen molar-refractivity contribution >= 4 is 23.1 Å². The van der Waals surface area contributed by atoms with Crippen LogP contribution in [0.5, 0.6) is 11.5 Å². The molecule has 0 atom stereocenters. The van der Waals surface area contributed by atoms with Crippen LogP contribution in [0.1, 0.15) is 32.8 Å². The van der Waals surface area contributed by atoms with Gasteiger partial charge in [-0.1, -0.05) is 32.9 Å². The summed E-state index contributed by atoms with van der Waals surface area (Å²) in [5.74, 6) is 1.28. The predicted octanol–water partition coefficient (Wildman–Crippen LogP) is 4.33. The molecule has 6 nitrogen and oxygen atoms in total. The molecule has 30 heavy (non-hydrogen) atoms. The Hall–Kier alpha value is -3.28. The number of benzene rings is 2. The van der Waals surface area contributed by atoms with E-state index in [4.69, 9.17) is 9.47 Å². The Morgan fingerprint density at radius 1 is 0.933 bits per heavy atom. The fourth-order valence-corrected chi connectivity index (χ4v) is 3.19. The number of rotatable bonds is 9. The highest BCUT2D eigenvalue weighted by Gasteiger charge is 2.38. The lowest BCUT2D eigenvalue weighted by Gasteiger charge is -2.14. The lowest BCUT2D eigenvalue weighted by Crippen LogP contribution is -2.33. The number of imide groups is 1. The zero-order chi connectivity index (χ0) is 21.7. The molecule has 2 aromatic carbocycles. The third-order valence-electron chi connectivity index (χ3n) is 4.70. The fraction of sp³-hybridized carbons (Fsp3) is 0.333. The Balaban J connectivity index is 1.94. The first kappa shape index (κ1) is 21.4. The molecule has 3 rings (SSSR count). The smallest absolute Gasteiger partial charge is 0.278 e. The summed E-state index contributed by atoms with van der Waals surface area (Å²) in [5, 5.41) is 3.14. The van der Waals surface area contributed by atoms with Crippen molar-refractivity contribution in [1.82, 2.24) is 4.90 Å². The van der Waals surface area contributed by atoms with Crippen LogP contribution < -0.4 is 14.8 Å². The minimum absolute atomic E-state index is 0.284. The van der Waals surface area contributed by atoms with Crippen LogP contribution in [0.4, 0.5) is 5.69 Å². The van der Waals surface area contributed by atoms with Crippen LogP contribution in [0.15, 0.2) is 54.2 Å². The highest BCUT2D eigenvalue weighted by molar-refractivity contribution is 6.36. The number of hydrogen-bond donors (Lipinski definition) is 1. The lowest BCUT2D eigenvalue weighted by molar-refractivity contribution is -0.136. The minimum atomic E-state index is -0.312. The molecule has 2 amide bonds. The van der Waals surface area contributed by atoms with Crippen molar-refractivity contribution in [3.8, 4) is 11.5 Å². The first-order chi connectivity index (χ1) is 14.4. The molecule has 1 N–H and O–H groups in total. The summed E-state index contributed by atoms with van der Waals surface area (Å²) >= 11 is 0. The first-order valence-electron chi connectivity index (χ1n) is 10.2. The molecular weight excluding hydrogens is 380 g/mol. The molecule has 6 heteroatoms. The summed E-state index contributed by atoms with van der Waals surface area (Å²) in [5.41, 5.74) is 2.05. The van der Waals surface area contributed by atoms with E-state index in [1.807, 2.05) is 43.3 Å². The monoisotopic (exact) mass is 408 g/mol. The topological polar surface area (TPSA) is 67.9 Å². The number of hydrogen-bond acceptors (Lipinski definition) is 5. The summed E-state index contributed by atoms with van der Waals surface area (Å²) in [6.45, 7) is 7.11. The van der Waals surface area contributed by atoms with Crippen molar-refractivity contribution in [3.05, 3.63) is 59.8 Å². The summed E-state index contributed by atoms with van der Waals surface area (Å²) in [7, 11) is 1.60. The van der Waals surface area contributed by atoms with Crippen molar-refractivity contribution in [2.45, 2.75) is 27.2 Å². The summed E-state index contributed by atoms with van der Waals surface area (Å²) in [6, 6.07) is 14.5. The zero-order valence-corrected chi connectivity index (χ0v) is 17.9. The van der Waals surface area contributed by atoms with E-state index in [0.717, 1.165) is 5.75 Å². The summed E-state index contributed by atoms with van der Waals surface area (Å²) in [6.07, 6.45) is 0.697. The second-order valence-electron chi connectivity index (χ2n) is 7.59. The second-order valence-corrected chi connectivity index (χ2v) is 7.59. The SMILES string of the molecule is CCCN1C(=O)C(Nc2ccc(OC)cc2)=C(c2ccc(OCC(C)C)cc2)C1=O. The van der Waals surface area contributed by atoms with Crippen LogP contribution in [-0.2, 0) is 9.59 Å². The molecule has 0 radical (unpaired) electrons. The molecule has 1 aliphatic rings. The maximum Gasteiger partial charge on any atom is 0.278 e. The van der Waals surface area contributed by atoms with Gasteiger partial charge in [0.15, 0.2) is 0 Å². The van der Waals surface area contributed by atoms with E-state index in [2.05, 4.69) is 19.2 Å². The molecule has 1 aliphatic heterocycles. The molecule has 2 aromatic rings. The standard InChI is InChI=1S/C24H28N2O4/c1-5-14-26-23(27)21(17-6-10-20(11-7-17)30-15-16(2)3)22(24(26)28)25-18-8-12-19(29-4)13-9-18/h6-13,16,25H,5,14-15H2,1-4H3. The normalized spacial score (nSPS) is 14.0. The third kappa shape index (κ3) is 4.64. The predicted molar refractivity (Wildman–Crippen MR) is 117 cm³/mol. The highest BCUT2D eigenvalue weighted by Crippen LogP contribution is 2.32. The van der Waals surface area contributed by atoms with E-state index >= 15 is 0 Å².